The quantitative estimate of drug-likeness (QED) is 0.796. The second-order valence-corrected chi connectivity index (χ2v) is 5.46. The zero-order valence-electron chi connectivity index (χ0n) is 13.7. The van der Waals surface area contributed by atoms with Crippen LogP contribution < -0.4 is 10.6 Å². The summed E-state index contributed by atoms with van der Waals surface area (Å²) in [7, 11) is 4.01. The highest BCUT2D eigenvalue weighted by atomic mass is 16.1. The van der Waals surface area contributed by atoms with Crippen LogP contribution in [-0.2, 0) is 6.54 Å². The normalized spacial score (nSPS) is 10.6. The highest BCUT2D eigenvalue weighted by Gasteiger charge is 2.10. The van der Waals surface area contributed by atoms with Gasteiger partial charge in [-0.2, -0.15) is 0 Å². The van der Waals surface area contributed by atoms with Crippen LogP contribution in [0.4, 0.5) is 5.82 Å². The monoisotopic (exact) mass is 314 g/mol. The molecule has 122 valence electrons. The summed E-state index contributed by atoms with van der Waals surface area (Å²) in [6.45, 7) is 3.82. The number of aromatic nitrogens is 3. The third-order valence-corrected chi connectivity index (χ3v) is 3.11. The van der Waals surface area contributed by atoms with E-state index < -0.39 is 0 Å². The summed E-state index contributed by atoms with van der Waals surface area (Å²) >= 11 is 0. The molecule has 0 bridgehead atoms. The van der Waals surface area contributed by atoms with E-state index in [1.54, 1.807) is 25.4 Å². The van der Waals surface area contributed by atoms with Crippen LogP contribution in [0.15, 0.2) is 30.6 Å². The molecule has 0 unspecified atom stereocenters. The molecule has 2 heterocycles. The van der Waals surface area contributed by atoms with Crippen LogP contribution in [0, 0.1) is 6.92 Å². The van der Waals surface area contributed by atoms with Crippen molar-refractivity contribution in [3.05, 3.63) is 47.7 Å². The topological polar surface area (TPSA) is 83.0 Å². The molecule has 0 spiro atoms. The van der Waals surface area contributed by atoms with Gasteiger partial charge < -0.3 is 15.5 Å². The number of amides is 1. The van der Waals surface area contributed by atoms with Gasteiger partial charge in [0.05, 0.1) is 0 Å². The summed E-state index contributed by atoms with van der Waals surface area (Å²) in [5, 5.41) is 6.04. The zero-order valence-corrected chi connectivity index (χ0v) is 13.7. The van der Waals surface area contributed by atoms with Gasteiger partial charge in [-0.3, -0.25) is 9.78 Å². The van der Waals surface area contributed by atoms with Crippen LogP contribution in [0.5, 0.6) is 0 Å². The molecular formula is C16H22N6O. The van der Waals surface area contributed by atoms with Crippen LogP contribution in [0.25, 0.3) is 0 Å². The van der Waals surface area contributed by atoms with Crippen molar-refractivity contribution in [2.45, 2.75) is 13.5 Å². The number of hydrogen-bond donors (Lipinski definition) is 2. The Morgan fingerprint density at radius 1 is 1.30 bits per heavy atom. The number of nitrogens with zero attached hydrogens (tertiary/aromatic N) is 4. The third-order valence-electron chi connectivity index (χ3n) is 3.11. The van der Waals surface area contributed by atoms with E-state index >= 15 is 0 Å². The lowest BCUT2D eigenvalue weighted by Gasteiger charge is -2.12. The van der Waals surface area contributed by atoms with E-state index in [0.29, 0.717) is 23.9 Å². The molecule has 0 saturated carbocycles. The summed E-state index contributed by atoms with van der Waals surface area (Å²) in [5.41, 5.74) is 1.30. The summed E-state index contributed by atoms with van der Waals surface area (Å²) in [4.78, 5) is 26.8. The van der Waals surface area contributed by atoms with Crippen molar-refractivity contribution in [1.29, 1.82) is 0 Å². The number of pyridine rings is 1. The van der Waals surface area contributed by atoms with E-state index in [4.69, 9.17) is 0 Å². The number of anilines is 1. The first-order valence-electron chi connectivity index (χ1n) is 7.46. The maximum atomic E-state index is 12.2. The molecule has 0 atom stereocenters. The average Bonchev–Trinajstić information content (AvgIpc) is 2.52. The highest BCUT2D eigenvalue weighted by molar-refractivity contribution is 5.92. The van der Waals surface area contributed by atoms with Gasteiger partial charge in [0.25, 0.3) is 5.91 Å². The number of rotatable bonds is 7. The molecule has 2 aromatic rings. The molecule has 7 heteroatoms. The smallest absolute Gasteiger partial charge is 0.270 e. The Morgan fingerprint density at radius 3 is 2.83 bits per heavy atom. The zero-order chi connectivity index (χ0) is 16.7. The Labute approximate surface area is 136 Å². The molecule has 0 aliphatic rings. The molecule has 0 aromatic carbocycles. The van der Waals surface area contributed by atoms with Crippen molar-refractivity contribution in [3.8, 4) is 0 Å². The maximum Gasteiger partial charge on any atom is 0.270 e. The SMILES string of the molecule is Cc1nc(NCCN(C)C)cc(C(=O)NCc2cccnc2)n1. The van der Waals surface area contributed by atoms with E-state index in [1.165, 1.54) is 0 Å². The Balaban J connectivity index is 1.97. The van der Waals surface area contributed by atoms with Crippen LogP contribution in [0.1, 0.15) is 21.9 Å². The number of aryl methyl sites for hydroxylation is 1. The third kappa shape index (κ3) is 5.63. The first-order valence-corrected chi connectivity index (χ1v) is 7.46. The molecule has 0 saturated heterocycles. The Morgan fingerprint density at radius 2 is 2.13 bits per heavy atom. The highest BCUT2D eigenvalue weighted by Crippen LogP contribution is 2.07. The minimum Gasteiger partial charge on any atom is -0.369 e. The fourth-order valence-corrected chi connectivity index (χ4v) is 1.96. The second kappa shape index (κ2) is 8.19. The van der Waals surface area contributed by atoms with Gasteiger partial charge in [0.1, 0.15) is 17.3 Å². The van der Waals surface area contributed by atoms with Crippen molar-refractivity contribution in [2.24, 2.45) is 0 Å². The van der Waals surface area contributed by atoms with Gasteiger partial charge in [-0.05, 0) is 32.6 Å². The number of carbonyl (C=O) groups excluding carboxylic acids is 1. The van der Waals surface area contributed by atoms with Crippen LogP contribution in [-0.4, -0.2) is 52.9 Å². The van der Waals surface area contributed by atoms with Crippen LogP contribution >= 0.6 is 0 Å². The Bertz CT molecular complexity index is 644. The number of carbonyl (C=O) groups is 1. The van der Waals surface area contributed by atoms with Gasteiger partial charge in [-0.15, -0.1) is 0 Å². The number of nitrogens with one attached hydrogen (secondary N) is 2. The van der Waals surface area contributed by atoms with Crippen molar-refractivity contribution < 1.29 is 4.79 Å². The first-order chi connectivity index (χ1) is 11.0. The van der Waals surface area contributed by atoms with Gasteiger partial charge in [0, 0.05) is 38.1 Å². The lowest BCUT2D eigenvalue weighted by atomic mass is 10.2. The minimum atomic E-state index is -0.227. The fourth-order valence-electron chi connectivity index (χ4n) is 1.96. The van der Waals surface area contributed by atoms with Crippen molar-refractivity contribution >= 4 is 11.7 Å². The summed E-state index contributed by atoms with van der Waals surface area (Å²) < 4.78 is 0. The van der Waals surface area contributed by atoms with Crippen LogP contribution in [0.3, 0.4) is 0 Å². The first kappa shape index (κ1) is 16.8. The molecular weight excluding hydrogens is 292 g/mol. The van der Waals surface area contributed by atoms with E-state index in [0.717, 1.165) is 18.7 Å². The van der Waals surface area contributed by atoms with Crippen LogP contribution in [0.2, 0.25) is 0 Å². The largest absolute Gasteiger partial charge is 0.369 e. The Kier molecular flexibility index (Phi) is 5.99. The van der Waals surface area contributed by atoms with Gasteiger partial charge in [0.2, 0.25) is 0 Å². The summed E-state index contributed by atoms with van der Waals surface area (Å²) in [5.74, 6) is 0.993. The van der Waals surface area contributed by atoms with E-state index in [2.05, 4.69) is 30.5 Å². The minimum absolute atomic E-state index is 0.227. The molecule has 23 heavy (non-hydrogen) atoms. The molecule has 0 radical (unpaired) electrons. The van der Waals surface area contributed by atoms with E-state index in [1.807, 2.05) is 26.2 Å². The molecule has 2 N–H and O–H groups in total. The van der Waals surface area contributed by atoms with Gasteiger partial charge in [-0.1, -0.05) is 6.07 Å². The predicted octanol–water partition coefficient (Wildman–Crippen LogP) is 1.08. The second-order valence-electron chi connectivity index (χ2n) is 5.46. The van der Waals surface area contributed by atoms with Crippen molar-refractivity contribution in [3.63, 3.8) is 0 Å². The molecule has 0 fully saturated rings. The van der Waals surface area contributed by atoms with Gasteiger partial charge in [0.15, 0.2) is 0 Å². The molecule has 0 aliphatic heterocycles. The predicted molar refractivity (Wildman–Crippen MR) is 89.2 cm³/mol. The lowest BCUT2D eigenvalue weighted by molar-refractivity contribution is 0.0945. The van der Waals surface area contributed by atoms with E-state index in [-0.39, 0.29) is 5.91 Å². The lowest BCUT2D eigenvalue weighted by Crippen LogP contribution is -2.25. The summed E-state index contributed by atoms with van der Waals surface area (Å²) in [6, 6.07) is 5.41. The average molecular weight is 314 g/mol. The molecule has 1 amide bonds. The number of likely N-dealkylation sites (N-methyl/N-ethyl adjacent to an activating group) is 1. The van der Waals surface area contributed by atoms with Gasteiger partial charge >= 0.3 is 0 Å². The standard InChI is InChI=1S/C16H22N6O/c1-12-20-14(9-15(21-12)18-7-8-22(2)3)16(23)19-11-13-5-4-6-17-10-13/h4-6,9-10H,7-8,11H2,1-3H3,(H,19,23)(H,18,20,21). The van der Waals surface area contributed by atoms with E-state index in [9.17, 15) is 4.79 Å². The molecule has 2 aromatic heterocycles. The fraction of sp³-hybridized carbons (Fsp3) is 0.375. The number of hydrogen-bond acceptors (Lipinski definition) is 6. The van der Waals surface area contributed by atoms with Crippen molar-refractivity contribution in [1.82, 2.24) is 25.2 Å². The van der Waals surface area contributed by atoms with Gasteiger partial charge in [-0.25, -0.2) is 9.97 Å². The molecule has 0 aliphatic carbocycles. The maximum absolute atomic E-state index is 12.2. The summed E-state index contributed by atoms with van der Waals surface area (Å²) in [6.07, 6.45) is 3.42. The Hall–Kier alpha value is -2.54. The molecule has 7 nitrogen and oxygen atoms in total. The molecule has 2 rings (SSSR count). The van der Waals surface area contributed by atoms with Crippen molar-refractivity contribution in [2.75, 3.05) is 32.5 Å².